The fourth-order valence-electron chi connectivity index (χ4n) is 1.69. The number of halogens is 2. The highest BCUT2D eigenvalue weighted by atomic mass is 32.2. The van der Waals surface area contributed by atoms with Gasteiger partial charge in [0.15, 0.2) is 0 Å². The molecular formula is C15H28F2O2S. The van der Waals surface area contributed by atoms with Crippen LogP contribution < -0.4 is 0 Å². The summed E-state index contributed by atoms with van der Waals surface area (Å²) in [4.78, 5) is 11.3. The van der Waals surface area contributed by atoms with Gasteiger partial charge in [0.1, 0.15) is 6.61 Å². The van der Waals surface area contributed by atoms with E-state index in [9.17, 15) is 13.6 Å². The lowest BCUT2D eigenvalue weighted by Crippen LogP contribution is -2.13. The summed E-state index contributed by atoms with van der Waals surface area (Å²) in [6.07, 6.45) is 3.81. The van der Waals surface area contributed by atoms with E-state index in [0.717, 1.165) is 37.9 Å². The van der Waals surface area contributed by atoms with Crippen molar-refractivity contribution in [3.05, 3.63) is 0 Å². The van der Waals surface area contributed by atoms with Crippen LogP contribution in [0.2, 0.25) is 0 Å². The van der Waals surface area contributed by atoms with Crippen LogP contribution in [0, 0.1) is 0 Å². The zero-order valence-electron chi connectivity index (χ0n) is 12.7. The monoisotopic (exact) mass is 310 g/mol. The molecule has 0 heterocycles. The van der Waals surface area contributed by atoms with Gasteiger partial charge in [-0.15, -0.1) is 0 Å². The van der Waals surface area contributed by atoms with Crippen LogP contribution in [0.1, 0.15) is 65.2 Å². The molecule has 0 fully saturated rings. The number of thioether (sulfide) groups is 1. The number of hydrogen-bond acceptors (Lipinski definition) is 3. The molecule has 120 valence electrons. The number of carbonyl (C=O) groups excluding carboxylic acids is 1. The third kappa shape index (κ3) is 14.1. The Kier molecular flexibility index (Phi) is 13.4. The number of alkyl halides is 2. The van der Waals surface area contributed by atoms with Crippen molar-refractivity contribution < 1.29 is 18.3 Å². The third-order valence-electron chi connectivity index (χ3n) is 2.93. The van der Waals surface area contributed by atoms with E-state index in [-0.39, 0.29) is 12.4 Å². The molecule has 0 aliphatic heterocycles. The van der Waals surface area contributed by atoms with Gasteiger partial charge in [0, 0.05) is 18.1 Å². The molecule has 0 N–H and O–H groups in total. The maximum Gasteiger partial charge on any atom is 0.305 e. The summed E-state index contributed by atoms with van der Waals surface area (Å²) in [5.74, 6) is 0.897. The molecule has 0 saturated heterocycles. The first-order chi connectivity index (χ1) is 9.56. The van der Waals surface area contributed by atoms with E-state index in [2.05, 4.69) is 6.92 Å². The topological polar surface area (TPSA) is 26.3 Å². The highest BCUT2D eigenvalue weighted by Gasteiger charge is 2.07. The molecule has 0 amide bonds. The molecule has 0 aliphatic carbocycles. The second-order valence-electron chi connectivity index (χ2n) is 5.06. The van der Waals surface area contributed by atoms with E-state index in [0.29, 0.717) is 24.7 Å². The molecule has 1 unspecified atom stereocenters. The molecule has 0 rings (SSSR count). The maximum absolute atomic E-state index is 11.9. The quantitative estimate of drug-likeness (QED) is 0.351. The van der Waals surface area contributed by atoms with Crippen LogP contribution in [0.15, 0.2) is 0 Å². The smallest absolute Gasteiger partial charge is 0.305 e. The van der Waals surface area contributed by atoms with Crippen molar-refractivity contribution >= 4 is 17.7 Å². The van der Waals surface area contributed by atoms with Gasteiger partial charge in [-0.05, 0) is 31.9 Å². The van der Waals surface area contributed by atoms with Crippen LogP contribution in [0.3, 0.4) is 0 Å². The zero-order chi connectivity index (χ0) is 15.2. The number of unbranched alkanes of at least 4 members (excludes halogenated alkanes) is 4. The van der Waals surface area contributed by atoms with Crippen molar-refractivity contribution in [2.45, 2.75) is 76.9 Å². The lowest BCUT2D eigenvalue weighted by atomic mass is 10.2. The molecule has 5 heteroatoms. The van der Waals surface area contributed by atoms with Crippen molar-refractivity contribution in [2.24, 2.45) is 0 Å². The SMILES string of the molecule is CCCCC(=O)OCC(C)SCCCCCCC(F)F. The van der Waals surface area contributed by atoms with Crippen LogP contribution in [0.4, 0.5) is 8.78 Å². The molecule has 20 heavy (non-hydrogen) atoms. The third-order valence-corrected chi connectivity index (χ3v) is 4.16. The van der Waals surface area contributed by atoms with E-state index in [4.69, 9.17) is 4.74 Å². The Hall–Kier alpha value is -0.320. The number of ether oxygens (including phenoxy) is 1. The summed E-state index contributed by atoms with van der Waals surface area (Å²) in [6, 6.07) is 0. The van der Waals surface area contributed by atoms with Crippen molar-refractivity contribution in [1.29, 1.82) is 0 Å². The van der Waals surface area contributed by atoms with Gasteiger partial charge in [-0.3, -0.25) is 4.79 Å². The molecular weight excluding hydrogens is 282 g/mol. The van der Waals surface area contributed by atoms with Crippen molar-refractivity contribution in [3.63, 3.8) is 0 Å². The predicted molar refractivity (Wildman–Crippen MR) is 81.5 cm³/mol. The fourth-order valence-corrected chi connectivity index (χ4v) is 2.63. The Morgan fingerprint density at radius 2 is 1.85 bits per heavy atom. The van der Waals surface area contributed by atoms with Crippen LogP contribution in [-0.4, -0.2) is 30.0 Å². The van der Waals surface area contributed by atoms with Gasteiger partial charge in [-0.25, -0.2) is 8.78 Å². The Morgan fingerprint density at radius 3 is 2.50 bits per heavy atom. The largest absolute Gasteiger partial charge is 0.465 e. The summed E-state index contributed by atoms with van der Waals surface area (Å²) < 4.78 is 29.0. The van der Waals surface area contributed by atoms with Crippen molar-refractivity contribution in [3.8, 4) is 0 Å². The van der Waals surface area contributed by atoms with Gasteiger partial charge in [0.25, 0.3) is 0 Å². The van der Waals surface area contributed by atoms with Crippen LogP contribution in [0.25, 0.3) is 0 Å². The molecule has 0 saturated carbocycles. The summed E-state index contributed by atoms with van der Waals surface area (Å²) in [6.45, 7) is 4.57. The average molecular weight is 310 g/mol. The van der Waals surface area contributed by atoms with E-state index in [1.165, 1.54) is 0 Å². The standard InChI is InChI=1S/C15H28F2O2S/c1-3-4-10-15(18)19-12-13(2)20-11-8-6-5-7-9-14(16)17/h13-14H,3-12H2,1-2H3. The Labute approximate surface area is 126 Å². The predicted octanol–water partition coefficient (Wildman–Crippen LogP) is 5.06. The Morgan fingerprint density at radius 1 is 1.15 bits per heavy atom. The van der Waals surface area contributed by atoms with E-state index in [1.807, 2.05) is 6.92 Å². The number of carbonyl (C=O) groups is 1. The minimum absolute atomic E-state index is 0.0251. The van der Waals surface area contributed by atoms with E-state index < -0.39 is 6.43 Å². The molecule has 0 aromatic heterocycles. The second kappa shape index (κ2) is 13.7. The minimum atomic E-state index is -2.16. The van der Waals surface area contributed by atoms with Crippen molar-refractivity contribution in [2.75, 3.05) is 12.4 Å². The summed E-state index contributed by atoms with van der Waals surface area (Å²) >= 11 is 1.78. The van der Waals surface area contributed by atoms with E-state index in [1.54, 1.807) is 11.8 Å². The van der Waals surface area contributed by atoms with E-state index >= 15 is 0 Å². The minimum Gasteiger partial charge on any atom is -0.465 e. The van der Waals surface area contributed by atoms with Crippen molar-refractivity contribution in [1.82, 2.24) is 0 Å². The highest BCUT2D eigenvalue weighted by molar-refractivity contribution is 7.99. The number of rotatable bonds is 13. The summed E-state index contributed by atoms with van der Waals surface area (Å²) in [5, 5.41) is 0.307. The molecule has 0 aliphatic rings. The normalized spacial score (nSPS) is 12.7. The molecule has 2 nitrogen and oxygen atoms in total. The first kappa shape index (κ1) is 19.7. The maximum atomic E-state index is 11.9. The van der Waals surface area contributed by atoms with Gasteiger partial charge in [0.05, 0.1) is 0 Å². The molecule has 0 aromatic carbocycles. The molecule has 0 bridgehead atoms. The molecule has 0 spiro atoms. The van der Waals surface area contributed by atoms with Crippen LogP contribution in [0.5, 0.6) is 0 Å². The summed E-state index contributed by atoms with van der Waals surface area (Å²) in [5.41, 5.74) is 0. The van der Waals surface area contributed by atoms with Gasteiger partial charge in [-0.2, -0.15) is 11.8 Å². The highest BCUT2D eigenvalue weighted by Crippen LogP contribution is 2.15. The first-order valence-corrected chi connectivity index (χ1v) is 8.66. The lowest BCUT2D eigenvalue weighted by molar-refractivity contribution is -0.143. The van der Waals surface area contributed by atoms with Gasteiger partial charge < -0.3 is 4.74 Å². The summed E-state index contributed by atoms with van der Waals surface area (Å²) in [7, 11) is 0. The average Bonchev–Trinajstić information content (AvgIpc) is 2.41. The fraction of sp³-hybridized carbons (Fsp3) is 0.933. The molecule has 0 aromatic rings. The molecule has 1 atom stereocenters. The number of hydrogen-bond donors (Lipinski definition) is 0. The first-order valence-electron chi connectivity index (χ1n) is 7.61. The van der Waals surface area contributed by atoms with Crippen LogP contribution >= 0.6 is 11.8 Å². The zero-order valence-corrected chi connectivity index (χ0v) is 13.5. The lowest BCUT2D eigenvalue weighted by Gasteiger charge is -2.11. The van der Waals surface area contributed by atoms with Gasteiger partial charge in [0.2, 0.25) is 6.43 Å². The second-order valence-corrected chi connectivity index (χ2v) is 6.61. The van der Waals surface area contributed by atoms with Gasteiger partial charge >= 0.3 is 5.97 Å². The molecule has 0 radical (unpaired) electrons. The Bertz CT molecular complexity index is 238. The van der Waals surface area contributed by atoms with Crippen LogP contribution in [-0.2, 0) is 9.53 Å². The Balaban J connectivity index is 3.32. The van der Waals surface area contributed by atoms with Gasteiger partial charge in [-0.1, -0.05) is 26.2 Å². The number of esters is 1.